The maximum Gasteiger partial charge on any atom is 0.124 e. The SMILES string of the molecule is CS(=O)Nc1ccc(F)cc1Br. The summed E-state index contributed by atoms with van der Waals surface area (Å²) < 4.78 is 26.5. The van der Waals surface area contributed by atoms with E-state index in [1.165, 1.54) is 24.5 Å². The van der Waals surface area contributed by atoms with Crippen LogP contribution >= 0.6 is 15.9 Å². The van der Waals surface area contributed by atoms with E-state index in [0.717, 1.165) is 0 Å². The zero-order valence-electron chi connectivity index (χ0n) is 6.30. The number of hydrogen-bond acceptors (Lipinski definition) is 1. The van der Waals surface area contributed by atoms with Gasteiger partial charge in [0.1, 0.15) is 16.8 Å². The van der Waals surface area contributed by atoms with E-state index in [1.54, 1.807) is 0 Å². The smallest absolute Gasteiger partial charge is 0.124 e. The Balaban J connectivity index is 2.93. The maximum absolute atomic E-state index is 12.6. The molecule has 0 amide bonds. The highest BCUT2D eigenvalue weighted by molar-refractivity contribution is 9.10. The molecule has 1 aromatic rings. The van der Waals surface area contributed by atoms with Crippen LogP contribution in [-0.2, 0) is 11.0 Å². The third-order valence-corrected chi connectivity index (χ3v) is 2.35. The van der Waals surface area contributed by atoms with Crippen molar-refractivity contribution in [2.24, 2.45) is 0 Å². The molecule has 0 bridgehead atoms. The lowest BCUT2D eigenvalue weighted by molar-refractivity contribution is 0.627. The van der Waals surface area contributed by atoms with Gasteiger partial charge in [0, 0.05) is 10.7 Å². The highest BCUT2D eigenvalue weighted by atomic mass is 79.9. The third kappa shape index (κ3) is 2.57. The second kappa shape index (κ2) is 4.00. The molecule has 66 valence electrons. The van der Waals surface area contributed by atoms with Gasteiger partial charge < -0.3 is 4.72 Å². The van der Waals surface area contributed by atoms with E-state index in [2.05, 4.69) is 20.7 Å². The summed E-state index contributed by atoms with van der Waals surface area (Å²) in [7, 11) is -1.14. The zero-order chi connectivity index (χ0) is 9.14. The van der Waals surface area contributed by atoms with E-state index in [9.17, 15) is 8.60 Å². The van der Waals surface area contributed by atoms with Gasteiger partial charge in [0.25, 0.3) is 0 Å². The van der Waals surface area contributed by atoms with Crippen molar-refractivity contribution in [1.29, 1.82) is 0 Å². The molecule has 1 rings (SSSR count). The van der Waals surface area contributed by atoms with Gasteiger partial charge in [-0.15, -0.1) is 0 Å². The van der Waals surface area contributed by atoms with Crippen LogP contribution in [0.25, 0.3) is 0 Å². The predicted molar refractivity (Wildman–Crippen MR) is 51.8 cm³/mol. The number of rotatable bonds is 2. The van der Waals surface area contributed by atoms with Crippen molar-refractivity contribution in [1.82, 2.24) is 0 Å². The van der Waals surface area contributed by atoms with Crippen LogP contribution in [0, 0.1) is 5.82 Å². The van der Waals surface area contributed by atoms with Crippen LogP contribution in [0.2, 0.25) is 0 Å². The van der Waals surface area contributed by atoms with Crippen LogP contribution in [0.1, 0.15) is 0 Å². The van der Waals surface area contributed by atoms with Crippen LogP contribution in [0.3, 0.4) is 0 Å². The standard InChI is InChI=1S/C7H7BrFNOS/c1-12(11)10-7-3-2-5(9)4-6(7)8/h2-4,10H,1H3. The predicted octanol–water partition coefficient (Wildman–Crippen LogP) is 2.29. The molecule has 12 heavy (non-hydrogen) atoms. The van der Waals surface area contributed by atoms with E-state index < -0.39 is 11.0 Å². The lowest BCUT2D eigenvalue weighted by atomic mass is 10.3. The lowest BCUT2D eigenvalue weighted by Crippen LogP contribution is -2.01. The Hall–Kier alpha value is -0.420. The third-order valence-electron chi connectivity index (χ3n) is 1.18. The van der Waals surface area contributed by atoms with Gasteiger partial charge in [-0.25, -0.2) is 8.60 Å². The largest absolute Gasteiger partial charge is 0.304 e. The minimum absolute atomic E-state index is 0.325. The topological polar surface area (TPSA) is 29.1 Å². The van der Waals surface area contributed by atoms with Crippen molar-refractivity contribution < 1.29 is 8.60 Å². The minimum atomic E-state index is -1.14. The normalized spacial score (nSPS) is 12.6. The molecule has 0 heterocycles. The lowest BCUT2D eigenvalue weighted by Gasteiger charge is -2.04. The van der Waals surface area contributed by atoms with E-state index in [-0.39, 0.29) is 5.82 Å². The van der Waals surface area contributed by atoms with Crippen LogP contribution in [0.5, 0.6) is 0 Å². The van der Waals surface area contributed by atoms with E-state index in [4.69, 9.17) is 0 Å². The fraction of sp³-hybridized carbons (Fsp3) is 0.143. The van der Waals surface area contributed by atoms with Crippen molar-refractivity contribution >= 4 is 32.6 Å². The molecule has 1 aromatic carbocycles. The Morgan fingerprint density at radius 2 is 2.25 bits per heavy atom. The molecule has 1 atom stereocenters. The summed E-state index contributed by atoms with van der Waals surface area (Å²) in [6.07, 6.45) is 1.51. The monoisotopic (exact) mass is 251 g/mol. The molecular formula is C7H7BrFNOS. The molecule has 0 aliphatic heterocycles. The molecule has 5 heteroatoms. The molecule has 2 nitrogen and oxygen atoms in total. The maximum atomic E-state index is 12.6. The first-order valence-corrected chi connectivity index (χ1v) is 5.50. The molecule has 0 aliphatic carbocycles. The highest BCUT2D eigenvalue weighted by Gasteiger charge is 2.01. The number of benzene rings is 1. The van der Waals surface area contributed by atoms with Crippen LogP contribution in [0.15, 0.2) is 22.7 Å². The van der Waals surface area contributed by atoms with Gasteiger partial charge in [0.15, 0.2) is 0 Å². The van der Waals surface area contributed by atoms with Crippen molar-refractivity contribution in [3.05, 3.63) is 28.5 Å². The second-order valence-corrected chi connectivity index (χ2v) is 4.15. The molecule has 0 spiro atoms. The van der Waals surface area contributed by atoms with Gasteiger partial charge in [-0.3, -0.25) is 0 Å². The first-order valence-electron chi connectivity index (χ1n) is 3.15. The molecule has 0 saturated heterocycles. The van der Waals surface area contributed by atoms with E-state index in [1.807, 2.05) is 0 Å². The first kappa shape index (κ1) is 9.67. The minimum Gasteiger partial charge on any atom is -0.304 e. The summed E-state index contributed by atoms with van der Waals surface area (Å²) in [4.78, 5) is 0. The number of halogens is 2. The average Bonchev–Trinajstić information content (AvgIpc) is 1.94. The van der Waals surface area contributed by atoms with Crippen LogP contribution in [0.4, 0.5) is 10.1 Å². The van der Waals surface area contributed by atoms with Gasteiger partial charge in [-0.2, -0.15) is 0 Å². The molecule has 1 N–H and O–H groups in total. The molecular weight excluding hydrogens is 245 g/mol. The number of anilines is 1. The Bertz CT molecular complexity index is 318. The summed E-state index contributed by atoms with van der Waals surface area (Å²) in [6, 6.07) is 4.15. The Kier molecular flexibility index (Phi) is 3.22. The number of nitrogens with one attached hydrogen (secondary N) is 1. The summed E-state index contributed by atoms with van der Waals surface area (Å²) in [5.41, 5.74) is 0.622. The molecule has 0 aromatic heterocycles. The summed E-state index contributed by atoms with van der Waals surface area (Å²) in [5.74, 6) is -0.325. The van der Waals surface area contributed by atoms with Gasteiger partial charge in [-0.1, -0.05) is 0 Å². The van der Waals surface area contributed by atoms with Gasteiger partial charge in [-0.05, 0) is 34.1 Å². The average molecular weight is 252 g/mol. The molecule has 0 aliphatic rings. The van der Waals surface area contributed by atoms with Crippen molar-refractivity contribution in [3.8, 4) is 0 Å². The van der Waals surface area contributed by atoms with Crippen LogP contribution < -0.4 is 4.72 Å². The second-order valence-electron chi connectivity index (χ2n) is 2.18. The zero-order valence-corrected chi connectivity index (χ0v) is 8.71. The van der Waals surface area contributed by atoms with E-state index in [0.29, 0.717) is 10.2 Å². The Morgan fingerprint density at radius 1 is 1.58 bits per heavy atom. The first-order chi connectivity index (χ1) is 5.59. The van der Waals surface area contributed by atoms with Crippen molar-refractivity contribution in [3.63, 3.8) is 0 Å². The quantitative estimate of drug-likeness (QED) is 0.859. The number of hydrogen-bond donors (Lipinski definition) is 1. The summed E-state index contributed by atoms with van der Waals surface area (Å²) in [6.45, 7) is 0. The fourth-order valence-corrected chi connectivity index (χ4v) is 1.80. The van der Waals surface area contributed by atoms with Crippen molar-refractivity contribution in [2.45, 2.75) is 0 Å². The fourth-order valence-electron chi connectivity index (χ4n) is 0.727. The van der Waals surface area contributed by atoms with Crippen LogP contribution in [-0.4, -0.2) is 10.5 Å². The summed E-state index contributed by atoms with van der Waals surface area (Å²) >= 11 is 3.14. The van der Waals surface area contributed by atoms with Gasteiger partial charge >= 0.3 is 0 Å². The van der Waals surface area contributed by atoms with Gasteiger partial charge in [0.2, 0.25) is 0 Å². The summed E-state index contributed by atoms with van der Waals surface area (Å²) in [5, 5.41) is 0. The van der Waals surface area contributed by atoms with Crippen molar-refractivity contribution in [2.75, 3.05) is 11.0 Å². The Morgan fingerprint density at radius 3 is 2.75 bits per heavy atom. The van der Waals surface area contributed by atoms with Gasteiger partial charge in [0.05, 0.1) is 5.69 Å². The molecule has 0 fully saturated rings. The molecule has 1 unspecified atom stereocenters. The molecule has 0 saturated carbocycles. The highest BCUT2D eigenvalue weighted by Crippen LogP contribution is 2.22. The Labute approximate surface area is 80.9 Å². The molecule has 0 radical (unpaired) electrons. The van der Waals surface area contributed by atoms with E-state index >= 15 is 0 Å².